The maximum atomic E-state index is 13.2. The highest BCUT2D eigenvalue weighted by Gasteiger charge is 2.29. The quantitative estimate of drug-likeness (QED) is 0.401. The van der Waals surface area contributed by atoms with Gasteiger partial charge in [-0.15, -0.1) is 0 Å². The number of carbonyl (C=O) groups is 2. The zero-order valence-corrected chi connectivity index (χ0v) is 21.4. The van der Waals surface area contributed by atoms with E-state index in [9.17, 15) is 9.59 Å². The van der Waals surface area contributed by atoms with E-state index in [1.165, 1.54) is 0 Å². The Hall–Kier alpha value is -3.24. The van der Waals surface area contributed by atoms with Crippen molar-refractivity contribution in [2.75, 3.05) is 67.8 Å². The molecule has 1 N–H and O–H groups in total. The summed E-state index contributed by atoms with van der Waals surface area (Å²) in [6, 6.07) is 3.83. The topological polar surface area (TPSA) is 103 Å². The lowest BCUT2D eigenvalue weighted by Gasteiger charge is -2.35. The van der Waals surface area contributed by atoms with Crippen molar-refractivity contribution < 1.29 is 33.3 Å². The molecule has 0 saturated carbocycles. The van der Waals surface area contributed by atoms with Crippen LogP contribution in [0.3, 0.4) is 0 Å². The monoisotopic (exact) mass is 489 g/mol. The number of aromatic nitrogens is 1. The maximum absolute atomic E-state index is 13.2. The Balaban J connectivity index is 1.65. The third kappa shape index (κ3) is 5.71. The molecule has 1 aromatic carbocycles. The van der Waals surface area contributed by atoms with E-state index in [1.54, 1.807) is 47.2 Å². The van der Waals surface area contributed by atoms with Gasteiger partial charge in [-0.25, -0.2) is 4.79 Å². The lowest BCUT2D eigenvalue weighted by molar-refractivity contribution is 0.0386. The summed E-state index contributed by atoms with van der Waals surface area (Å²) in [5.41, 5.74) is 3.04. The minimum absolute atomic E-state index is 0.120. The first-order valence-corrected chi connectivity index (χ1v) is 11.5. The summed E-state index contributed by atoms with van der Waals surface area (Å²) in [4.78, 5) is 32.9. The van der Waals surface area contributed by atoms with Gasteiger partial charge in [0.2, 0.25) is 5.75 Å². The van der Waals surface area contributed by atoms with Crippen LogP contribution in [-0.4, -0.2) is 94.5 Å². The van der Waals surface area contributed by atoms with Gasteiger partial charge in [-0.1, -0.05) is 6.07 Å². The zero-order valence-electron chi connectivity index (χ0n) is 21.4. The number of nitrogens with one attached hydrogen (secondary N) is 1. The molecule has 192 valence electrons. The van der Waals surface area contributed by atoms with Crippen LogP contribution in [0, 0.1) is 13.8 Å². The number of aromatic amines is 1. The van der Waals surface area contributed by atoms with Gasteiger partial charge in [0.1, 0.15) is 12.3 Å². The molecule has 0 bridgehead atoms. The number of H-pyrrole nitrogens is 1. The summed E-state index contributed by atoms with van der Waals surface area (Å²) in [7, 11) is 6.33. The fourth-order valence-corrected chi connectivity index (χ4v) is 4.36. The number of hydrogen-bond acceptors (Lipinski definition) is 8. The summed E-state index contributed by atoms with van der Waals surface area (Å²) >= 11 is 0. The SMILES string of the molecule is COCCOC(=O)c1c(C)[nH]c(C(=O)N2CCN(Cc3ccc(OC)c(OC)c3OC)CC2)c1C. The van der Waals surface area contributed by atoms with E-state index in [2.05, 4.69) is 9.88 Å². The van der Waals surface area contributed by atoms with Crippen LogP contribution < -0.4 is 14.2 Å². The molecule has 10 nitrogen and oxygen atoms in total. The van der Waals surface area contributed by atoms with Crippen molar-refractivity contribution in [3.05, 3.63) is 40.2 Å². The third-order valence-corrected chi connectivity index (χ3v) is 6.22. The highest BCUT2D eigenvalue weighted by Crippen LogP contribution is 2.40. The van der Waals surface area contributed by atoms with E-state index in [-0.39, 0.29) is 12.5 Å². The summed E-state index contributed by atoms with van der Waals surface area (Å²) < 4.78 is 26.6. The first kappa shape index (κ1) is 26.4. The predicted octanol–water partition coefficient (Wildman–Crippen LogP) is 2.42. The molecule has 1 fully saturated rings. The third-order valence-electron chi connectivity index (χ3n) is 6.22. The Morgan fingerprint density at radius 2 is 1.60 bits per heavy atom. The summed E-state index contributed by atoms with van der Waals surface area (Å²) in [5, 5.41) is 0. The van der Waals surface area contributed by atoms with Crippen molar-refractivity contribution in [2.24, 2.45) is 0 Å². The molecular formula is C25H35N3O7. The van der Waals surface area contributed by atoms with Crippen LogP contribution in [0.25, 0.3) is 0 Å². The second kappa shape index (κ2) is 11.9. The fraction of sp³-hybridized carbons (Fsp3) is 0.520. The van der Waals surface area contributed by atoms with E-state index < -0.39 is 5.97 Å². The van der Waals surface area contributed by atoms with E-state index in [1.807, 2.05) is 12.1 Å². The molecule has 2 heterocycles. The van der Waals surface area contributed by atoms with Crippen LogP contribution in [0.2, 0.25) is 0 Å². The van der Waals surface area contributed by atoms with Crippen molar-refractivity contribution in [3.8, 4) is 17.2 Å². The smallest absolute Gasteiger partial charge is 0.340 e. The van der Waals surface area contributed by atoms with Gasteiger partial charge < -0.3 is 33.6 Å². The van der Waals surface area contributed by atoms with Gasteiger partial charge in [-0.2, -0.15) is 0 Å². The Kier molecular flexibility index (Phi) is 9.00. The number of ether oxygens (including phenoxy) is 5. The number of rotatable bonds is 10. The average molecular weight is 490 g/mol. The average Bonchev–Trinajstić information content (AvgIpc) is 3.17. The number of esters is 1. The maximum Gasteiger partial charge on any atom is 0.340 e. The minimum atomic E-state index is -0.457. The number of carbonyl (C=O) groups excluding carboxylic acids is 2. The van der Waals surface area contributed by atoms with Gasteiger partial charge >= 0.3 is 5.97 Å². The van der Waals surface area contributed by atoms with Crippen molar-refractivity contribution in [1.29, 1.82) is 0 Å². The van der Waals surface area contributed by atoms with Crippen LogP contribution in [0.4, 0.5) is 0 Å². The standard InChI is InChI=1S/C25H35N3O7/c1-16-20(25(30)35-14-13-31-3)17(2)26-21(16)24(29)28-11-9-27(10-12-28)15-18-7-8-19(32-4)23(34-6)22(18)33-5/h7-8,26H,9-15H2,1-6H3. The number of aryl methyl sites for hydroxylation is 1. The molecule has 1 aromatic heterocycles. The molecule has 1 aliphatic rings. The Morgan fingerprint density at radius 1 is 0.914 bits per heavy atom. The van der Waals surface area contributed by atoms with Crippen LogP contribution in [0.15, 0.2) is 12.1 Å². The predicted molar refractivity (Wildman–Crippen MR) is 130 cm³/mol. The molecule has 2 aromatic rings. The number of hydrogen-bond donors (Lipinski definition) is 1. The van der Waals surface area contributed by atoms with Crippen LogP contribution in [-0.2, 0) is 16.0 Å². The van der Waals surface area contributed by atoms with Gasteiger partial charge in [0.25, 0.3) is 5.91 Å². The van der Waals surface area contributed by atoms with Crippen molar-refractivity contribution in [1.82, 2.24) is 14.8 Å². The number of nitrogens with zero attached hydrogens (tertiary/aromatic N) is 2. The highest BCUT2D eigenvalue weighted by molar-refractivity contribution is 6.00. The van der Waals surface area contributed by atoms with E-state index in [0.29, 0.717) is 79.1 Å². The Morgan fingerprint density at radius 3 is 2.20 bits per heavy atom. The highest BCUT2D eigenvalue weighted by atomic mass is 16.6. The van der Waals surface area contributed by atoms with E-state index >= 15 is 0 Å². The number of methoxy groups -OCH3 is 4. The molecule has 1 saturated heterocycles. The lowest BCUT2D eigenvalue weighted by atomic mass is 10.1. The number of amides is 1. The molecule has 3 rings (SSSR count). The molecular weight excluding hydrogens is 454 g/mol. The fourth-order valence-electron chi connectivity index (χ4n) is 4.36. The first-order chi connectivity index (χ1) is 16.9. The second-order valence-electron chi connectivity index (χ2n) is 8.32. The van der Waals surface area contributed by atoms with Gasteiger partial charge in [-0.3, -0.25) is 9.69 Å². The summed E-state index contributed by atoms with van der Waals surface area (Å²) in [6.45, 7) is 7.22. The molecule has 1 aliphatic heterocycles. The normalized spacial score (nSPS) is 14.1. The Bertz CT molecular complexity index is 1040. The van der Waals surface area contributed by atoms with Crippen LogP contribution in [0.1, 0.15) is 37.7 Å². The van der Waals surface area contributed by atoms with E-state index in [0.717, 1.165) is 5.56 Å². The number of piperazine rings is 1. The summed E-state index contributed by atoms with van der Waals surface area (Å²) in [6.07, 6.45) is 0. The Labute approximate surface area is 206 Å². The molecule has 1 amide bonds. The van der Waals surface area contributed by atoms with Crippen molar-refractivity contribution in [3.63, 3.8) is 0 Å². The van der Waals surface area contributed by atoms with Gasteiger partial charge in [0, 0.05) is 51.1 Å². The molecule has 0 radical (unpaired) electrons. The van der Waals surface area contributed by atoms with E-state index in [4.69, 9.17) is 23.7 Å². The molecule has 10 heteroatoms. The molecule has 0 aliphatic carbocycles. The van der Waals surface area contributed by atoms with Crippen LogP contribution >= 0.6 is 0 Å². The summed E-state index contributed by atoms with van der Waals surface area (Å²) in [5.74, 6) is 1.25. The van der Waals surface area contributed by atoms with Gasteiger partial charge in [0.05, 0.1) is 33.5 Å². The molecule has 0 atom stereocenters. The largest absolute Gasteiger partial charge is 0.493 e. The number of benzene rings is 1. The van der Waals surface area contributed by atoms with Gasteiger partial charge in [-0.05, 0) is 25.5 Å². The minimum Gasteiger partial charge on any atom is -0.493 e. The van der Waals surface area contributed by atoms with Crippen molar-refractivity contribution >= 4 is 11.9 Å². The second-order valence-corrected chi connectivity index (χ2v) is 8.32. The van der Waals surface area contributed by atoms with Gasteiger partial charge in [0.15, 0.2) is 11.5 Å². The molecule has 35 heavy (non-hydrogen) atoms. The molecule has 0 unspecified atom stereocenters. The lowest BCUT2D eigenvalue weighted by Crippen LogP contribution is -2.48. The molecule has 0 spiro atoms. The van der Waals surface area contributed by atoms with Crippen LogP contribution in [0.5, 0.6) is 17.2 Å². The van der Waals surface area contributed by atoms with Crippen molar-refractivity contribution in [2.45, 2.75) is 20.4 Å². The zero-order chi connectivity index (χ0) is 25.5. The first-order valence-electron chi connectivity index (χ1n) is 11.5.